The SMILES string of the molecule is C#Cc1cc(C#C)cc(OOCC2CO2)c1. The Labute approximate surface area is 94.2 Å². The second kappa shape index (κ2) is 4.72. The predicted octanol–water partition coefficient (Wildman–Crippen LogP) is 1.36. The summed E-state index contributed by atoms with van der Waals surface area (Å²) >= 11 is 0. The van der Waals surface area contributed by atoms with Crippen LogP contribution in [-0.2, 0) is 9.62 Å². The van der Waals surface area contributed by atoms with Gasteiger partial charge in [-0.15, -0.1) is 12.8 Å². The first-order valence-corrected chi connectivity index (χ1v) is 4.81. The summed E-state index contributed by atoms with van der Waals surface area (Å²) in [4.78, 5) is 10.1. The molecular weight excluding hydrogens is 204 g/mol. The summed E-state index contributed by atoms with van der Waals surface area (Å²) in [6, 6.07) is 5.11. The minimum atomic E-state index is 0.155. The third-order valence-corrected chi connectivity index (χ3v) is 2.05. The van der Waals surface area contributed by atoms with Crippen LogP contribution in [0, 0.1) is 24.7 Å². The van der Waals surface area contributed by atoms with Crippen LogP contribution in [0.15, 0.2) is 18.2 Å². The van der Waals surface area contributed by atoms with E-state index in [9.17, 15) is 0 Å². The number of terminal acetylenes is 2. The van der Waals surface area contributed by atoms with Gasteiger partial charge in [0.2, 0.25) is 0 Å². The third kappa shape index (κ3) is 2.77. The molecule has 1 aliphatic rings. The zero-order valence-electron chi connectivity index (χ0n) is 8.60. The van der Waals surface area contributed by atoms with Gasteiger partial charge in [0, 0.05) is 11.1 Å². The van der Waals surface area contributed by atoms with Gasteiger partial charge in [0.05, 0.1) is 6.61 Å². The number of ether oxygens (including phenoxy) is 1. The molecule has 1 atom stereocenters. The molecule has 0 amide bonds. The van der Waals surface area contributed by atoms with Gasteiger partial charge >= 0.3 is 0 Å². The molecule has 0 radical (unpaired) electrons. The highest BCUT2D eigenvalue weighted by Gasteiger charge is 2.23. The average Bonchev–Trinajstić information content (AvgIpc) is 3.12. The Hall–Kier alpha value is -1.94. The van der Waals surface area contributed by atoms with Crippen molar-refractivity contribution in [1.29, 1.82) is 0 Å². The van der Waals surface area contributed by atoms with E-state index < -0.39 is 0 Å². The van der Waals surface area contributed by atoms with Gasteiger partial charge in [-0.05, 0) is 18.2 Å². The Morgan fingerprint density at radius 3 is 2.38 bits per heavy atom. The largest absolute Gasteiger partial charge is 0.370 e. The van der Waals surface area contributed by atoms with Crippen molar-refractivity contribution in [2.75, 3.05) is 13.2 Å². The van der Waals surface area contributed by atoms with Crippen LogP contribution in [0.5, 0.6) is 5.75 Å². The van der Waals surface area contributed by atoms with Gasteiger partial charge in [-0.25, -0.2) is 0 Å². The van der Waals surface area contributed by atoms with E-state index in [4.69, 9.17) is 27.4 Å². The second-order valence-electron chi connectivity index (χ2n) is 3.36. The highest BCUT2D eigenvalue weighted by atomic mass is 17.2. The lowest BCUT2D eigenvalue weighted by Gasteiger charge is -2.04. The standard InChI is InChI=1S/C13H10O3/c1-3-10-5-11(4-2)7-12(6-10)16-15-9-13-8-14-13/h1-2,5-7,13H,8-9H2. The van der Waals surface area contributed by atoms with Crippen LogP contribution in [0.3, 0.4) is 0 Å². The van der Waals surface area contributed by atoms with Crippen molar-refractivity contribution >= 4 is 0 Å². The first-order chi connectivity index (χ1) is 7.81. The third-order valence-electron chi connectivity index (χ3n) is 2.05. The number of hydrogen-bond acceptors (Lipinski definition) is 3. The van der Waals surface area contributed by atoms with Crippen molar-refractivity contribution in [3.05, 3.63) is 29.3 Å². The Bertz CT molecular complexity index is 429. The zero-order valence-corrected chi connectivity index (χ0v) is 8.60. The molecule has 1 fully saturated rings. The summed E-state index contributed by atoms with van der Waals surface area (Å²) in [5.74, 6) is 5.50. The lowest BCUT2D eigenvalue weighted by Crippen LogP contribution is -2.04. The summed E-state index contributed by atoms with van der Waals surface area (Å²) in [6.07, 6.45) is 10.7. The molecule has 1 aromatic carbocycles. The van der Waals surface area contributed by atoms with Gasteiger partial charge in [-0.2, -0.15) is 4.89 Å². The van der Waals surface area contributed by atoms with E-state index in [1.807, 2.05) is 0 Å². The fourth-order valence-electron chi connectivity index (χ4n) is 1.16. The number of epoxide rings is 1. The van der Waals surface area contributed by atoms with Crippen LogP contribution in [0.25, 0.3) is 0 Å². The van der Waals surface area contributed by atoms with Crippen molar-refractivity contribution in [3.63, 3.8) is 0 Å². The van der Waals surface area contributed by atoms with Crippen LogP contribution in [0.2, 0.25) is 0 Å². The Balaban J connectivity index is 2.01. The summed E-state index contributed by atoms with van der Waals surface area (Å²) < 4.78 is 4.97. The van der Waals surface area contributed by atoms with Gasteiger partial charge in [-0.3, -0.25) is 0 Å². The van der Waals surface area contributed by atoms with E-state index >= 15 is 0 Å². The summed E-state index contributed by atoms with van der Waals surface area (Å²) in [6.45, 7) is 1.13. The van der Waals surface area contributed by atoms with Gasteiger partial charge in [-0.1, -0.05) is 11.8 Å². The molecule has 80 valence electrons. The van der Waals surface area contributed by atoms with E-state index in [2.05, 4.69) is 11.8 Å². The molecule has 1 saturated heterocycles. The fourth-order valence-corrected chi connectivity index (χ4v) is 1.16. The van der Waals surface area contributed by atoms with Gasteiger partial charge in [0.25, 0.3) is 0 Å². The van der Waals surface area contributed by atoms with E-state index in [1.165, 1.54) is 0 Å². The maximum absolute atomic E-state index is 5.29. The summed E-state index contributed by atoms with van der Waals surface area (Å²) in [5, 5.41) is 0. The van der Waals surface area contributed by atoms with Crippen molar-refractivity contribution in [1.82, 2.24) is 0 Å². The molecule has 0 aromatic heterocycles. The van der Waals surface area contributed by atoms with Crippen LogP contribution >= 0.6 is 0 Å². The van der Waals surface area contributed by atoms with Crippen molar-refractivity contribution in [2.45, 2.75) is 6.10 Å². The maximum atomic E-state index is 5.29. The molecule has 0 spiro atoms. The highest BCUT2D eigenvalue weighted by Crippen LogP contribution is 2.17. The average molecular weight is 214 g/mol. The highest BCUT2D eigenvalue weighted by molar-refractivity contribution is 5.47. The second-order valence-corrected chi connectivity index (χ2v) is 3.36. The van der Waals surface area contributed by atoms with Crippen molar-refractivity contribution in [2.24, 2.45) is 0 Å². The lowest BCUT2D eigenvalue weighted by molar-refractivity contribution is -0.209. The number of benzene rings is 1. The van der Waals surface area contributed by atoms with Gasteiger partial charge in [0.1, 0.15) is 12.7 Å². The van der Waals surface area contributed by atoms with Crippen molar-refractivity contribution in [3.8, 4) is 30.4 Å². The minimum absolute atomic E-state index is 0.155. The first kappa shape index (κ1) is 10.6. The Morgan fingerprint density at radius 2 is 1.88 bits per heavy atom. The van der Waals surface area contributed by atoms with Gasteiger partial charge < -0.3 is 9.62 Å². The minimum Gasteiger partial charge on any atom is -0.370 e. The number of hydrogen-bond donors (Lipinski definition) is 0. The zero-order chi connectivity index (χ0) is 11.4. The van der Waals surface area contributed by atoms with E-state index in [0.717, 1.165) is 6.61 Å². The molecule has 1 heterocycles. The van der Waals surface area contributed by atoms with E-state index in [0.29, 0.717) is 23.5 Å². The molecule has 3 nitrogen and oxygen atoms in total. The first-order valence-electron chi connectivity index (χ1n) is 4.81. The smallest absolute Gasteiger partial charge is 0.167 e. The molecular formula is C13H10O3. The van der Waals surface area contributed by atoms with E-state index in [1.54, 1.807) is 18.2 Å². The molecule has 0 N–H and O–H groups in total. The molecule has 1 aromatic rings. The molecule has 1 aliphatic heterocycles. The topological polar surface area (TPSA) is 31.0 Å². The molecule has 0 bridgehead atoms. The summed E-state index contributed by atoms with van der Waals surface area (Å²) in [7, 11) is 0. The van der Waals surface area contributed by atoms with E-state index in [-0.39, 0.29) is 6.10 Å². The van der Waals surface area contributed by atoms with Crippen LogP contribution in [-0.4, -0.2) is 19.3 Å². The molecule has 3 heteroatoms. The predicted molar refractivity (Wildman–Crippen MR) is 58.6 cm³/mol. The Morgan fingerprint density at radius 1 is 1.25 bits per heavy atom. The van der Waals surface area contributed by atoms with Gasteiger partial charge in [0.15, 0.2) is 5.75 Å². The molecule has 16 heavy (non-hydrogen) atoms. The maximum Gasteiger partial charge on any atom is 0.167 e. The lowest BCUT2D eigenvalue weighted by atomic mass is 10.1. The molecule has 2 rings (SSSR count). The number of rotatable bonds is 4. The van der Waals surface area contributed by atoms with Crippen LogP contribution < -0.4 is 4.89 Å². The molecule has 1 unspecified atom stereocenters. The van der Waals surface area contributed by atoms with Crippen molar-refractivity contribution < 1.29 is 14.5 Å². The molecule has 0 saturated carbocycles. The quantitative estimate of drug-likeness (QED) is 0.328. The van der Waals surface area contributed by atoms with Crippen LogP contribution in [0.1, 0.15) is 11.1 Å². The van der Waals surface area contributed by atoms with Crippen LogP contribution in [0.4, 0.5) is 0 Å². The molecule has 0 aliphatic carbocycles. The monoisotopic (exact) mass is 214 g/mol. The normalized spacial score (nSPS) is 17.2. The Kier molecular flexibility index (Phi) is 3.12. The fraction of sp³-hybridized carbons (Fsp3) is 0.231. The summed E-state index contributed by atoms with van der Waals surface area (Å²) in [5.41, 5.74) is 1.33.